The van der Waals surface area contributed by atoms with Crippen molar-refractivity contribution < 1.29 is 9.90 Å². The molecule has 2 nitrogen and oxygen atoms in total. The molecule has 1 N–H and O–H groups in total. The van der Waals surface area contributed by atoms with Gasteiger partial charge in [-0.25, -0.2) is 0 Å². The first-order valence-electron chi connectivity index (χ1n) is 7.56. The third-order valence-corrected chi connectivity index (χ3v) is 3.59. The normalized spacial score (nSPS) is 11.1. The Labute approximate surface area is 122 Å². The van der Waals surface area contributed by atoms with E-state index in [0.717, 1.165) is 25.7 Å². The highest BCUT2D eigenvalue weighted by atomic mass is 16.4. The monoisotopic (exact) mass is 274 g/mol. The Morgan fingerprint density at radius 2 is 1.65 bits per heavy atom. The van der Waals surface area contributed by atoms with Gasteiger partial charge in [0.2, 0.25) is 0 Å². The molecule has 0 heterocycles. The Morgan fingerprint density at radius 1 is 1.05 bits per heavy atom. The number of aliphatic carboxylic acids is 1. The number of aryl methyl sites for hydroxylation is 2. The van der Waals surface area contributed by atoms with Crippen LogP contribution in [0.4, 0.5) is 0 Å². The van der Waals surface area contributed by atoms with Crippen molar-refractivity contribution in [1.82, 2.24) is 0 Å². The number of carboxylic acid groups (broad SMARTS) is 1. The summed E-state index contributed by atoms with van der Waals surface area (Å²) in [4.78, 5) is 10.4. The van der Waals surface area contributed by atoms with Gasteiger partial charge in [-0.15, -0.1) is 0 Å². The fourth-order valence-corrected chi connectivity index (χ4v) is 2.36. The van der Waals surface area contributed by atoms with Crippen LogP contribution in [0.3, 0.4) is 0 Å². The molecule has 2 heteroatoms. The molecule has 0 spiro atoms. The molecule has 0 aliphatic rings. The second-order valence-corrected chi connectivity index (χ2v) is 5.41. The second kappa shape index (κ2) is 9.35. The molecule has 0 saturated heterocycles. The Bertz CT molecular complexity index is 426. The summed E-state index contributed by atoms with van der Waals surface area (Å²) in [6.45, 7) is 4.30. The summed E-state index contributed by atoms with van der Waals surface area (Å²) >= 11 is 0. The Morgan fingerprint density at radius 3 is 2.30 bits per heavy atom. The zero-order valence-electron chi connectivity index (χ0n) is 12.7. The summed E-state index contributed by atoms with van der Waals surface area (Å²) in [5.74, 6) is -0.679. The first-order valence-corrected chi connectivity index (χ1v) is 7.56. The van der Waals surface area contributed by atoms with Crippen LogP contribution < -0.4 is 0 Å². The molecule has 0 saturated carbocycles. The van der Waals surface area contributed by atoms with Crippen molar-refractivity contribution >= 4 is 12.0 Å². The van der Waals surface area contributed by atoms with Gasteiger partial charge in [0.05, 0.1) is 0 Å². The second-order valence-electron chi connectivity index (χ2n) is 5.41. The largest absolute Gasteiger partial charge is 0.481 e. The van der Waals surface area contributed by atoms with E-state index < -0.39 is 5.97 Å². The molecule has 0 unspecified atom stereocenters. The molecule has 0 aliphatic carbocycles. The van der Waals surface area contributed by atoms with Gasteiger partial charge in [-0.05, 0) is 49.8 Å². The number of hydrogen-bond acceptors (Lipinski definition) is 1. The smallest absolute Gasteiger partial charge is 0.303 e. The number of allylic oxidation sites excluding steroid dienone is 1. The fourth-order valence-electron chi connectivity index (χ4n) is 2.36. The molecule has 0 amide bonds. The van der Waals surface area contributed by atoms with Crippen LogP contribution in [-0.2, 0) is 4.79 Å². The van der Waals surface area contributed by atoms with Crippen molar-refractivity contribution in [1.29, 1.82) is 0 Å². The predicted molar refractivity (Wildman–Crippen MR) is 84.9 cm³/mol. The van der Waals surface area contributed by atoms with E-state index in [-0.39, 0.29) is 0 Å². The van der Waals surface area contributed by atoms with E-state index in [9.17, 15) is 4.79 Å². The van der Waals surface area contributed by atoms with Crippen LogP contribution in [0.15, 0.2) is 24.3 Å². The maximum atomic E-state index is 10.4. The van der Waals surface area contributed by atoms with Gasteiger partial charge in [0, 0.05) is 6.42 Å². The highest BCUT2D eigenvalue weighted by Gasteiger charge is 1.97. The summed E-state index contributed by atoms with van der Waals surface area (Å²) in [7, 11) is 0. The van der Waals surface area contributed by atoms with Gasteiger partial charge in [-0.3, -0.25) is 4.79 Å². The van der Waals surface area contributed by atoms with E-state index in [2.05, 4.69) is 44.2 Å². The van der Waals surface area contributed by atoms with Crippen molar-refractivity contribution in [2.45, 2.75) is 58.8 Å². The number of carboxylic acids is 1. The summed E-state index contributed by atoms with van der Waals surface area (Å²) < 4.78 is 0. The van der Waals surface area contributed by atoms with Crippen LogP contribution in [-0.4, -0.2) is 11.1 Å². The minimum absolute atomic E-state index is 0.312. The van der Waals surface area contributed by atoms with Crippen molar-refractivity contribution in [3.8, 4) is 0 Å². The zero-order chi connectivity index (χ0) is 14.8. The molecule has 1 rings (SSSR count). The molecule has 20 heavy (non-hydrogen) atoms. The van der Waals surface area contributed by atoms with Crippen LogP contribution in [0.5, 0.6) is 0 Å². The Balaban J connectivity index is 2.15. The number of carbonyl (C=O) groups is 1. The summed E-state index contributed by atoms with van der Waals surface area (Å²) in [6.07, 6.45) is 11.3. The van der Waals surface area contributed by atoms with E-state index in [4.69, 9.17) is 5.11 Å². The van der Waals surface area contributed by atoms with E-state index in [1.54, 1.807) is 0 Å². The molecule has 0 aromatic heterocycles. The van der Waals surface area contributed by atoms with Crippen molar-refractivity contribution in [2.75, 3.05) is 0 Å². The van der Waals surface area contributed by atoms with Gasteiger partial charge >= 0.3 is 5.97 Å². The van der Waals surface area contributed by atoms with Gasteiger partial charge in [0.15, 0.2) is 0 Å². The third kappa shape index (κ3) is 6.55. The average molecular weight is 274 g/mol. The average Bonchev–Trinajstić information content (AvgIpc) is 2.39. The molecular formula is C18H26O2. The maximum absolute atomic E-state index is 10.4. The molecule has 0 atom stereocenters. The molecule has 0 bridgehead atoms. The first-order chi connectivity index (χ1) is 9.61. The van der Waals surface area contributed by atoms with Crippen LogP contribution in [0, 0.1) is 13.8 Å². The molecule has 1 aromatic carbocycles. The number of hydrogen-bond donors (Lipinski definition) is 1. The van der Waals surface area contributed by atoms with Crippen LogP contribution >= 0.6 is 0 Å². The highest BCUT2D eigenvalue weighted by molar-refractivity contribution is 5.66. The zero-order valence-corrected chi connectivity index (χ0v) is 12.7. The molecule has 110 valence electrons. The first kappa shape index (κ1) is 16.5. The van der Waals surface area contributed by atoms with E-state index in [1.807, 2.05) is 0 Å². The lowest BCUT2D eigenvalue weighted by Gasteiger charge is -2.04. The van der Waals surface area contributed by atoms with Gasteiger partial charge in [0.25, 0.3) is 0 Å². The third-order valence-electron chi connectivity index (χ3n) is 3.59. The minimum Gasteiger partial charge on any atom is -0.481 e. The summed E-state index contributed by atoms with van der Waals surface area (Å²) in [6, 6.07) is 6.39. The number of rotatable bonds is 9. The SMILES string of the molecule is Cc1cccc(C)c1/C=C/CCCCCCCC(=O)O. The number of unbranched alkanes of at least 4 members (excludes halogenated alkanes) is 5. The van der Waals surface area contributed by atoms with Crippen LogP contribution in [0.2, 0.25) is 0 Å². The van der Waals surface area contributed by atoms with Gasteiger partial charge in [-0.2, -0.15) is 0 Å². The fraction of sp³-hybridized carbons (Fsp3) is 0.500. The lowest BCUT2D eigenvalue weighted by atomic mass is 10.0. The lowest BCUT2D eigenvalue weighted by Crippen LogP contribution is -1.93. The van der Waals surface area contributed by atoms with Gasteiger partial charge in [0.1, 0.15) is 0 Å². The quantitative estimate of drug-likeness (QED) is 0.634. The molecule has 0 radical (unpaired) electrons. The predicted octanol–water partition coefficient (Wildman–Crippen LogP) is 5.13. The maximum Gasteiger partial charge on any atom is 0.303 e. The van der Waals surface area contributed by atoms with Crippen molar-refractivity contribution in [3.63, 3.8) is 0 Å². The summed E-state index contributed by atoms with van der Waals surface area (Å²) in [5, 5.41) is 8.53. The van der Waals surface area contributed by atoms with Crippen LogP contribution in [0.1, 0.15) is 61.6 Å². The molecular weight excluding hydrogens is 248 g/mol. The molecule has 1 aromatic rings. The van der Waals surface area contributed by atoms with E-state index >= 15 is 0 Å². The van der Waals surface area contributed by atoms with Crippen molar-refractivity contribution in [3.05, 3.63) is 41.0 Å². The van der Waals surface area contributed by atoms with Gasteiger partial charge < -0.3 is 5.11 Å². The van der Waals surface area contributed by atoms with E-state index in [0.29, 0.717) is 6.42 Å². The van der Waals surface area contributed by atoms with Crippen LogP contribution in [0.25, 0.3) is 6.08 Å². The minimum atomic E-state index is -0.679. The molecule has 0 fully saturated rings. The lowest BCUT2D eigenvalue weighted by molar-refractivity contribution is -0.137. The number of benzene rings is 1. The summed E-state index contributed by atoms with van der Waals surface area (Å²) in [5.41, 5.74) is 4.00. The Kier molecular flexibility index (Phi) is 7.71. The Hall–Kier alpha value is -1.57. The van der Waals surface area contributed by atoms with Gasteiger partial charge in [-0.1, -0.05) is 49.6 Å². The highest BCUT2D eigenvalue weighted by Crippen LogP contribution is 2.16. The standard InChI is InChI=1S/C18H26O2/c1-15-11-10-12-16(2)17(15)13-8-6-4-3-5-7-9-14-18(19)20/h8,10-13H,3-7,9,14H2,1-2H3,(H,19,20)/b13-8+. The molecule has 0 aliphatic heterocycles. The van der Waals surface area contributed by atoms with E-state index in [1.165, 1.54) is 29.5 Å². The topological polar surface area (TPSA) is 37.3 Å². The van der Waals surface area contributed by atoms with Crippen molar-refractivity contribution in [2.24, 2.45) is 0 Å².